The molecule has 0 saturated carbocycles. The first-order chi connectivity index (χ1) is 12.4. The van der Waals surface area contributed by atoms with Gasteiger partial charge in [0.25, 0.3) is 0 Å². The van der Waals surface area contributed by atoms with Gasteiger partial charge in [-0.05, 0) is 41.0 Å². The average Bonchev–Trinajstić information content (AvgIpc) is 2.61. The minimum absolute atomic E-state index is 0.00685. The maximum absolute atomic E-state index is 14.0. The van der Waals surface area contributed by atoms with E-state index in [0.717, 1.165) is 12.1 Å². The molecule has 0 aliphatic heterocycles. The summed E-state index contributed by atoms with van der Waals surface area (Å²) in [6.45, 7) is 0. The number of aromatic hydroxyl groups is 1. The zero-order valence-electron chi connectivity index (χ0n) is 13.5. The second kappa shape index (κ2) is 7.04. The predicted octanol–water partition coefficient (Wildman–Crippen LogP) is 6.05. The van der Waals surface area contributed by atoms with Crippen LogP contribution in [0.2, 0.25) is 0 Å². The highest BCUT2D eigenvalue weighted by Crippen LogP contribution is 2.42. The molecule has 0 atom stereocenters. The molecule has 0 fully saturated rings. The van der Waals surface area contributed by atoms with E-state index in [1.54, 1.807) is 6.07 Å². The Morgan fingerprint density at radius 3 is 1.65 bits per heavy atom. The van der Waals surface area contributed by atoms with Gasteiger partial charge in [-0.1, -0.05) is 54.6 Å². The summed E-state index contributed by atoms with van der Waals surface area (Å²) >= 11 is 0. The maximum Gasteiger partial charge on any atom is 0.417 e. The number of rotatable bonds is 3. The van der Waals surface area contributed by atoms with E-state index in [0.29, 0.717) is 0 Å². The van der Waals surface area contributed by atoms with Crippen molar-refractivity contribution in [3.05, 3.63) is 101 Å². The summed E-state index contributed by atoms with van der Waals surface area (Å²) in [5.74, 6) is -0.590. The van der Waals surface area contributed by atoms with Crippen LogP contribution in [-0.4, -0.2) is 11.3 Å². The van der Waals surface area contributed by atoms with Crippen molar-refractivity contribution in [3.63, 3.8) is 0 Å². The molecule has 0 amide bonds. The van der Waals surface area contributed by atoms with Gasteiger partial charge >= 0.3 is 6.18 Å². The molecule has 0 radical (unpaired) electrons. The Balaban J connectivity index is 2.37. The third kappa shape index (κ3) is 3.77. The summed E-state index contributed by atoms with van der Waals surface area (Å²) < 4.78 is 55.3. The SMILES string of the molecule is Oc1ccc(C(=C(c2ccccc2)C(F)(F)F)c2ccc(F)cc2)cc1. The fourth-order valence-corrected chi connectivity index (χ4v) is 2.75. The van der Waals surface area contributed by atoms with Crippen LogP contribution in [0.3, 0.4) is 0 Å². The number of alkyl halides is 3. The third-order valence-electron chi connectivity index (χ3n) is 3.88. The van der Waals surface area contributed by atoms with Crippen LogP contribution in [0, 0.1) is 5.82 Å². The van der Waals surface area contributed by atoms with E-state index in [1.807, 2.05) is 0 Å². The van der Waals surface area contributed by atoms with Gasteiger partial charge in [-0.25, -0.2) is 4.39 Å². The van der Waals surface area contributed by atoms with Gasteiger partial charge < -0.3 is 5.11 Å². The molecule has 3 aromatic carbocycles. The first kappa shape index (κ1) is 17.7. The van der Waals surface area contributed by atoms with Crippen molar-refractivity contribution < 1.29 is 22.7 Å². The van der Waals surface area contributed by atoms with Gasteiger partial charge in [0.1, 0.15) is 11.6 Å². The van der Waals surface area contributed by atoms with E-state index in [2.05, 4.69) is 0 Å². The number of hydrogen-bond acceptors (Lipinski definition) is 1. The number of phenols is 1. The van der Waals surface area contributed by atoms with Gasteiger partial charge in [0.2, 0.25) is 0 Å². The van der Waals surface area contributed by atoms with Gasteiger partial charge in [-0.2, -0.15) is 13.2 Å². The van der Waals surface area contributed by atoms with Crippen molar-refractivity contribution in [3.8, 4) is 5.75 Å². The molecule has 132 valence electrons. The molecule has 0 spiro atoms. The number of allylic oxidation sites excluding steroid dienone is 1. The summed E-state index contributed by atoms with van der Waals surface area (Å²) in [6, 6.07) is 17.8. The lowest BCUT2D eigenvalue weighted by Gasteiger charge is -2.19. The molecule has 0 aromatic heterocycles. The number of benzene rings is 3. The molecule has 1 nitrogen and oxygen atoms in total. The van der Waals surface area contributed by atoms with E-state index < -0.39 is 17.6 Å². The first-order valence-corrected chi connectivity index (χ1v) is 7.78. The molecule has 3 rings (SSSR count). The number of halogens is 4. The van der Waals surface area contributed by atoms with Crippen molar-refractivity contribution in [2.45, 2.75) is 6.18 Å². The molecular formula is C21H14F4O. The van der Waals surface area contributed by atoms with E-state index >= 15 is 0 Å². The van der Waals surface area contributed by atoms with Crippen LogP contribution in [0.15, 0.2) is 78.9 Å². The highest BCUT2D eigenvalue weighted by Gasteiger charge is 2.38. The zero-order chi connectivity index (χ0) is 18.7. The van der Waals surface area contributed by atoms with E-state index in [9.17, 15) is 22.7 Å². The summed E-state index contributed by atoms with van der Waals surface area (Å²) in [5.41, 5.74) is -0.398. The van der Waals surface area contributed by atoms with Crippen LogP contribution in [0.25, 0.3) is 11.1 Å². The largest absolute Gasteiger partial charge is 0.508 e. The standard InChI is InChI=1S/C21H14F4O/c22-17-10-6-14(7-11-17)19(15-8-12-18(26)13-9-15)20(21(23,24)25)16-4-2-1-3-5-16/h1-13,26H. The highest BCUT2D eigenvalue weighted by molar-refractivity contribution is 6.00. The molecule has 0 heterocycles. The quantitative estimate of drug-likeness (QED) is 0.446. The lowest BCUT2D eigenvalue weighted by Crippen LogP contribution is -2.14. The van der Waals surface area contributed by atoms with Crippen LogP contribution >= 0.6 is 0 Å². The minimum Gasteiger partial charge on any atom is -0.508 e. The lowest BCUT2D eigenvalue weighted by molar-refractivity contribution is -0.0685. The van der Waals surface area contributed by atoms with Gasteiger partial charge in [0.05, 0.1) is 5.57 Å². The van der Waals surface area contributed by atoms with Crippen molar-refractivity contribution in [1.82, 2.24) is 0 Å². The fraction of sp³-hybridized carbons (Fsp3) is 0.0476. The van der Waals surface area contributed by atoms with Crippen LogP contribution in [0.1, 0.15) is 16.7 Å². The first-order valence-electron chi connectivity index (χ1n) is 7.78. The molecule has 0 aliphatic rings. The zero-order valence-corrected chi connectivity index (χ0v) is 13.5. The Bertz CT molecular complexity index is 861. The van der Waals surface area contributed by atoms with Crippen molar-refractivity contribution in [1.29, 1.82) is 0 Å². The number of phenolic OH excluding ortho intramolecular Hbond substituents is 1. The van der Waals surface area contributed by atoms with Gasteiger partial charge in [-0.3, -0.25) is 0 Å². The minimum atomic E-state index is -4.64. The second-order valence-corrected chi connectivity index (χ2v) is 5.67. The van der Waals surface area contributed by atoms with Crippen LogP contribution < -0.4 is 0 Å². The van der Waals surface area contributed by atoms with Crippen molar-refractivity contribution in [2.75, 3.05) is 0 Å². The molecule has 3 aromatic rings. The van der Waals surface area contributed by atoms with Crippen LogP contribution in [0.5, 0.6) is 5.75 Å². The van der Waals surface area contributed by atoms with Gasteiger partial charge in [0.15, 0.2) is 0 Å². The van der Waals surface area contributed by atoms with E-state index in [1.165, 1.54) is 60.7 Å². The predicted molar refractivity (Wildman–Crippen MR) is 92.9 cm³/mol. The fourth-order valence-electron chi connectivity index (χ4n) is 2.75. The molecular weight excluding hydrogens is 344 g/mol. The highest BCUT2D eigenvalue weighted by atomic mass is 19.4. The molecule has 0 unspecified atom stereocenters. The Morgan fingerprint density at radius 1 is 0.654 bits per heavy atom. The molecule has 26 heavy (non-hydrogen) atoms. The Labute approximate surface area is 147 Å². The molecule has 0 aliphatic carbocycles. The second-order valence-electron chi connectivity index (χ2n) is 5.67. The summed E-state index contributed by atoms with van der Waals surface area (Å²) in [5, 5.41) is 9.47. The van der Waals surface area contributed by atoms with E-state index in [4.69, 9.17) is 0 Å². The number of hydrogen-bond donors (Lipinski definition) is 1. The van der Waals surface area contributed by atoms with Crippen molar-refractivity contribution >= 4 is 11.1 Å². The third-order valence-corrected chi connectivity index (χ3v) is 3.88. The summed E-state index contributed by atoms with van der Waals surface area (Å²) in [7, 11) is 0. The summed E-state index contributed by atoms with van der Waals surface area (Å²) in [4.78, 5) is 0. The molecule has 1 N–H and O–H groups in total. The average molecular weight is 358 g/mol. The van der Waals surface area contributed by atoms with Crippen molar-refractivity contribution in [2.24, 2.45) is 0 Å². The smallest absolute Gasteiger partial charge is 0.417 e. The van der Waals surface area contributed by atoms with Gasteiger partial charge in [0, 0.05) is 5.57 Å². The van der Waals surface area contributed by atoms with Crippen LogP contribution in [0.4, 0.5) is 17.6 Å². The Hall–Kier alpha value is -3.08. The molecule has 0 bridgehead atoms. The summed E-state index contributed by atoms with van der Waals surface area (Å²) in [6.07, 6.45) is -4.64. The normalized spacial score (nSPS) is 12.6. The Kier molecular flexibility index (Phi) is 4.80. The monoisotopic (exact) mass is 358 g/mol. The van der Waals surface area contributed by atoms with Gasteiger partial charge in [-0.15, -0.1) is 0 Å². The maximum atomic E-state index is 14.0. The Morgan fingerprint density at radius 2 is 1.15 bits per heavy atom. The molecule has 5 heteroatoms. The van der Waals surface area contributed by atoms with Crippen LogP contribution in [-0.2, 0) is 0 Å². The molecule has 0 saturated heterocycles. The lowest BCUT2D eigenvalue weighted by atomic mass is 9.89. The van der Waals surface area contributed by atoms with E-state index in [-0.39, 0.29) is 28.0 Å². The topological polar surface area (TPSA) is 20.2 Å².